The number of nitrogens with zero attached hydrogens (tertiary/aromatic N) is 1. The van der Waals surface area contributed by atoms with E-state index in [1.165, 1.54) is 6.20 Å². The van der Waals surface area contributed by atoms with Gasteiger partial charge in [-0.05, 0) is 42.7 Å². The summed E-state index contributed by atoms with van der Waals surface area (Å²) >= 11 is 9.13. The number of hydrogen-bond donors (Lipinski definition) is 1. The van der Waals surface area contributed by atoms with Crippen molar-refractivity contribution < 1.29 is 9.53 Å². The van der Waals surface area contributed by atoms with Crippen LogP contribution in [-0.2, 0) is 0 Å². The van der Waals surface area contributed by atoms with E-state index in [4.69, 9.17) is 16.3 Å². The van der Waals surface area contributed by atoms with Gasteiger partial charge in [0.1, 0.15) is 10.9 Å². The van der Waals surface area contributed by atoms with Crippen molar-refractivity contribution in [3.63, 3.8) is 0 Å². The van der Waals surface area contributed by atoms with Crippen LogP contribution in [0.1, 0.15) is 30.6 Å². The van der Waals surface area contributed by atoms with Crippen LogP contribution in [-0.4, -0.2) is 17.5 Å². The zero-order valence-corrected chi connectivity index (χ0v) is 15.3. The molecule has 0 unspecified atom stereocenters. The fraction of sp³-hybridized carbons (Fsp3) is 0.294. The molecule has 0 saturated carbocycles. The first kappa shape index (κ1) is 17.8. The molecule has 4 nitrogen and oxygen atoms in total. The number of amides is 1. The Balaban J connectivity index is 2.14. The van der Waals surface area contributed by atoms with Crippen molar-refractivity contribution in [2.75, 3.05) is 11.9 Å². The highest BCUT2D eigenvalue weighted by molar-refractivity contribution is 9.10. The number of aromatic nitrogens is 1. The average molecular weight is 398 g/mol. The Morgan fingerprint density at radius 3 is 2.78 bits per heavy atom. The molecular weight excluding hydrogens is 380 g/mol. The second kappa shape index (κ2) is 8.31. The van der Waals surface area contributed by atoms with Crippen molar-refractivity contribution in [2.24, 2.45) is 5.92 Å². The lowest BCUT2D eigenvalue weighted by Crippen LogP contribution is -2.14. The van der Waals surface area contributed by atoms with Crippen LogP contribution in [0, 0.1) is 5.92 Å². The summed E-state index contributed by atoms with van der Waals surface area (Å²) in [6.07, 6.45) is 2.44. The van der Waals surface area contributed by atoms with E-state index in [0.29, 0.717) is 34.7 Å². The maximum absolute atomic E-state index is 12.5. The molecule has 6 heteroatoms. The Labute approximate surface area is 149 Å². The van der Waals surface area contributed by atoms with Gasteiger partial charge in [-0.25, -0.2) is 4.98 Å². The SMILES string of the molecule is CC(C)CCOc1ccc(Br)cc1C(=O)Nc1ccc(Cl)nc1. The molecule has 1 aromatic carbocycles. The van der Waals surface area contributed by atoms with E-state index in [0.717, 1.165) is 10.9 Å². The van der Waals surface area contributed by atoms with E-state index in [9.17, 15) is 4.79 Å². The van der Waals surface area contributed by atoms with Crippen molar-refractivity contribution in [1.29, 1.82) is 0 Å². The zero-order chi connectivity index (χ0) is 16.8. The predicted octanol–water partition coefficient (Wildman–Crippen LogP) is 5.17. The van der Waals surface area contributed by atoms with Gasteiger partial charge in [-0.2, -0.15) is 0 Å². The van der Waals surface area contributed by atoms with Gasteiger partial charge >= 0.3 is 0 Å². The molecule has 1 heterocycles. The number of anilines is 1. The molecule has 0 aliphatic rings. The van der Waals surface area contributed by atoms with Crippen LogP contribution in [0.5, 0.6) is 5.75 Å². The van der Waals surface area contributed by atoms with Crippen molar-refractivity contribution in [3.8, 4) is 5.75 Å². The Morgan fingerprint density at radius 2 is 2.13 bits per heavy atom. The quantitative estimate of drug-likeness (QED) is 0.684. The standard InChI is InChI=1S/C17H18BrClN2O2/c1-11(2)7-8-23-15-5-3-12(18)9-14(15)17(22)21-13-4-6-16(19)20-10-13/h3-6,9-11H,7-8H2,1-2H3,(H,21,22). The fourth-order valence-corrected chi connectivity index (χ4v) is 2.33. The fourth-order valence-electron chi connectivity index (χ4n) is 1.86. The lowest BCUT2D eigenvalue weighted by Gasteiger charge is -2.13. The smallest absolute Gasteiger partial charge is 0.259 e. The van der Waals surface area contributed by atoms with Gasteiger partial charge in [0.15, 0.2) is 0 Å². The molecule has 122 valence electrons. The molecule has 23 heavy (non-hydrogen) atoms. The number of carbonyl (C=O) groups is 1. The molecule has 0 aliphatic carbocycles. The third kappa shape index (κ3) is 5.52. The van der Waals surface area contributed by atoms with Gasteiger partial charge in [-0.1, -0.05) is 41.4 Å². The number of halogens is 2. The molecule has 2 aromatic rings. The van der Waals surface area contributed by atoms with Crippen LogP contribution in [0.2, 0.25) is 5.15 Å². The van der Waals surface area contributed by atoms with Gasteiger partial charge in [0, 0.05) is 4.47 Å². The highest BCUT2D eigenvalue weighted by atomic mass is 79.9. The minimum Gasteiger partial charge on any atom is -0.493 e. The molecule has 0 bridgehead atoms. The van der Waals surface area contributed by atoms with Crippen LogP contribution < -0.4 is 10.1 Å². The number of hydrogen-bond acceptors (Lipinski definition) is 3. The second-order valence-electron chi connectivity index (χ2n) is 5.50. The van der Waals surface area contributed by atoms with E-state index < -0.39 is 0 Å². The number of pyridine rings is 1. The average Bonchev–Trinajstić information content (AvgIpc) is 2.50. The maximum atomic E-state index is 12.5. The van der Waals surface area contributed by atoms with E-state index in [-0.39, 0.29) is 5.91 Å². The summed E-state index contributed by atoms with van der Waals surface area (Å²) in [6, 6.07) is 8.71. The minimum absolute atomic E-state index is 0.255. The molecule has 1 amide bonds. The van der Waals surface area contributed by atoms with Crippen molar-refractivity contribution >= 4 is 39.1 Å². The van der Waals surface area contributed by atoms with Crippen molar-refractivity contribution in [1.82, 2.24) is 4.98 Å². The summed E-state index contributed by atoms with van der Waals surface area (Å²) in [5, 5.41) is 3.17. The number of benzene rings is 1. The molecule has 2 rings (SSSR count). The number of ether oxygens (including phenoxy) is 1. The van der Waals surface area contributed by atoms with Gasteiger partial charge in [0.2, 0.25) is 0 Å². The highest BCUT2D eigenvalue weighted by Crippen LogP contribution is 2.25. The molecule has 0 spiro atoms. The third-order valence-corrected chi connectivity index (χ3v) is 3.84. The van der Waals surface area contributed by atoms with E-state index in [1.807, 2.05) is 6.07 Å². The van der Waals surface area contributed by atoms with Gasteiger partial charge in [0.25, 0.3) is 5.91 Å². The largest absolute Gasteiger partial charge is 0.493 e. The summed E-state index contributed by atoms with van der Waals surface area (Å²) < 4.78 is 6.58. The lowest BCUT2D eigenvalue weighted by molar-refractivity contribution is 0.102. The summed E-state index contributed by atoms with van der Waals surface area (Å²) in [5.41, 5.74) is 1.05. The molecular formula is C17H18BrClN2O2. The molecule has 0 fully saturated rings. The monoisotopic (exact) mass is 396 g/mol. The van der Waals surface area contributed by atoms with Crippen LogP contribution in [0.4, 0.5) is 5.69 Å². The van der Waals surface area contributed by atoms with Crippen LogP contribution in [0.15, 0.2) is 41.0 Å². The molecule has 1 aromatic heterocycles. The van der Waals surface area contributed by atoms with E-state index >= 15 is 0 Å². The number of rotatable bonds is 6. The Bertz CT molecular complexity index is 675. The summed E-state index contributed by atoms with van der Waals surface area (Å²) in [4.78, 5) is 16.4. The normalized spacial score (nSPS) is 10.7. The Morgan fingerprint density at radius 1 is 1.35 bits per heavy atom. The van der Waals surface area contributed by atoms with Crippen LogP contribution in [0.25, 0.3) is 0 Å². The van der Waals surface area contributed by atoms with Gasteiger partial charge in [-0.3, -0.25) is 4.79 Å². The zero-order valence-electron chi connectivity index (χ0n) is 13.0. The second-order valence-corrected chi connectivity index (χ2v) is 6.80. The summed E-state index contributed by atoms with van der Waals surface area (Å²) in [6.45, 7) is 4.83. The van der Waals surface area contributed by atoms with Crippen LogP contribution >= 0.6 is 27.5 Å². The molecule has 0 aliphatic heterocycles. The van der Waals surface area contributed by atoms with Crippen LogP contribution in [0.3, 0.4) is 0 Å². The first-order valence-corrected chi connectivity index (χ1v) is 8.48. The van der Waals surface area contributed by atoms with Crippen molar-refractivity contribution in [3.05, 3.63) is 51.7 Å². The Kier molecular flexibility index (Phi) is 6.42. The summed E-state index contributed by atoms with van der Waals surface area (Å²) in [5.74, 6) is 0.853. The molecule has 0 saturated heterocycles. The molecule has 0 radical (unpaired) electrons. The van der Waals surface area contributed by atoms with E-state index in [1.54, 1.807) is 24.3 Å². The Hall–Kier alpha value is -1.59. The predicted molar refractivity (Wildman–Crippen MR) is 96.3 cm³/mol. The van der Waals surface area contributed by atoms with E-state index in [2.05, 4.69) is 40.1 Å². The number of carbonyl (C=O) groups excluding carboxylic acids is 1. The highest BCUT2D eigenvalue weighted by Gasteiger charge is 2.14. The third-order valence-electron chi connectivity index (χ3n) is 3.12. The van der Waals surface area contributed by atoms with Gasteiger partial charge in [0.05, 0.1) is 24.1 Å². The first-order chi connectivity index (χ1) is 11.0. The molecule has 1 N–H and O–H groups in total. The van der Waals surface area contributed by atoms with Gasteiger partial charge in [-0.15, -0.1) is 0 Å². The first-order valence-electron chi connectivity index (χ1n) is 7.31. The minimum atomic E-state index is -0.255. The number of nitrogens with one attached hydrogen (secondary N) is 1. The lowest BCUT2D eigenvalue weighted by atomic mass is 10.1. The summed E-state index contributed by atoms with van der Waals surface area (Å²) in [7, 11) is 0. The maximum Gasteiger partial charge on any atom is 0.259 e. The topological polar surface area (TPSA) is 51.2 Å². The van der Waals surface area contributed by atoms with Gasteiger partial charge < -0.3 is 10.1 Å². The van der Waals surface area contributed by atoms with Crippen molar-refractivity contribution in [2.45, 2.75) is 20.3 Å². The molecule has 0 atom stereocenters.